The van der Waals surface area contributed by atoms with E-state index >= 15 is 0 Å². The molecule has 0 aromatic rings. The highest BCUT2D eigenvalue weighted by molar-refractivity contribution is 6.13. The summed E-state index contributed by atoms with van der Waals surface area (Å²) in [6, 6.07) is 0. The summed E-state index contributed by atoms with van der Waals surface area (Å²) >= 11 is 0. The predicted octanol–water partition coefficient (Wildman–Crippen LogP) is 2.11. The topological polar surface area (TPSA) is 34.1 Å². The molecule has 2 heteroatoms. The standard InChI is InChI=1S/C11H16O2/c1-8-4-2-3-7-11(8)9(12)5-6-10(11)13/h8H,2-7H2,1H3. The lowest BCUT2D eigenvalue weighted by atomic mass is 9.65. The molecule has 13 heavy (non-hydrogen) atoms. The van der Waals surface area contributed by atoms with E-state index in [2.05, 4.69) is 6.92 Å². The Hall–Kier alpha value is -0.660. The van der Waals surface area contributed by atoms with Crippen LogP contribution >= 0.6 is 0 Å². The summed E-state index contributed by atoms with van der Waals surface area (Å²) in [5.41, 5.74) is -0.530. The van der Waals surface area contributed by atoms with Crippen molar-refractivity contribution in [2.24, 2.45) is 11.3 Å². The van der Waals surface area contributed by atoms with E-state index in [9.17, 15) is 9.59 Å². The van der Waals surface area contributed by atoms with Gasteiger partial charge in [-0.3, -0.25) is 9.59 Å². The Balaban J connectivity index is 2.34. The van der Waals surface area contributed by atoms with E-state index in [0.717, 1.165) is 19.3 Å². The Labute approximate surface area is 78.7 Å². The van der Waals surface area contributed by atoms with Crippen LogP contribution < -0.4 is 0 Å². The minimum atomic E-state index is -0.530. The van der Waals surface area contributed by atoms with Crippen LogP contribution in [0.3, 0.4) is 0 Å². The summed E-state index contributed by atoms with van der Waals surface area (Å²) in [6.45, 7) is 2.07. The molecule has 2 saturated carbocycles. The molecule has 0 N–H and O–H groups in total. The largest absolute Gasteiger partial charge is 0.299 e. The molecular formula is C11H16O2. The van der Waals surface area contributed by atoms with Crippen LogP contribution in [0, 0.1) is 11.3 Å². The molecule has 0 aliphatic heterocycles. The molecule has 2 fully saturated rings. The molecule has 2 rings (SSSR count). The molecule has 0 aromatic carbocycles. The molecule has 72 valence electrons. The van der Waals surface area contributed by atoms with Crippen LogP contribution in [-0.4, -0.2) is 11.6 Å². The minimum absolute atomic E-state index is 0.227. The van der Waals surface area contributed by atoms with Gasteiger partial charge in [0.15, 0.2) is 0 Å². The molecule has 0 saturated heterocycles. The molecule has 2 aliphatic rings. The zero-order chi connectivity index (χ0) is 9.47. The van der Waals surface area contributed by atoms with Crippen LogP contribution in [-0.2, 0) is 9.59 Å². The summed E-state index contributed by atoms with van der Waals surface area (Å²) in [5.74, 6) is 0.748. The van der Waals surface area contributed by atoms with Gasteiger partial charge in [0, 0.05) is 12.8 Å². The Morgan fingerprint density at radius 2 is 1.77 bits per heavy atom. The van der Waals surface area contributed by atoms with Gasteiger partial charge in [-0.25, -0.2) is 0 Å². The molecule has 2 nitrogen and oxygen atoms in total. The lowest BCUT2D eigenvalue weighted by Gasteiger charge is -2.36. The van der Waals surface area contributed by atoms with Gasteiger partial charge in [0.2, 0.25) is 0 Å². The molecule has 0 aromatic heterocycles. The lowest BCUT2D eigenvalue weighted by Crippen LogP contribution is -2.41. The highest BCUT2D eigenvalue weighted by atomic mass is 16.2. The van der Waals surface area contributed by atoms with Crippen molar-refractivity contribution in [3.05, 3.63) is 0 Å². The fourth-order valence-corrected chi connectivity index (χ4v) is 3.00. The zero-order valence-electron chi connectivity index (χ0n) is 8.14. The third kappa shape index (κ3) is 1.07. The van der Waals surface area contributed by atoms with Gasteiger partial charge in [0.25, 0.3) is 0 Å². The van der Waals surface area contributed by atoms with Crippen molar-refractivity contribution < 1.29 is 9.59 Å². The maximum absolute atomic E-state index is 11.8. The van der Waals surface area contributed by atoms with Gasteiger partial charge in [0.05, 0.1) is 5.41 Å². The Bertz CT molecular complexity index is 239. The third-order valence-electron chi connectivity index (χ3n) is 3.87. The van der Waals surface area contributed by atoms with E-state index in [1.54, 1.807) is 0 Å². The number of hydrogen-bond acceptors (Lipinski definition) is 2. The van der Waals surface area contributed by atoms with E-state index in [1.807, 2.05) is 0 Å². The Kier molecular flexibility index (Phi) is 2.01. The van der Waals surface area contributed by atoms with Gasteiger partial charge in [-0.05, 0) is 18.8 Å². The van der Waals surface area contributed by atoms with E-state index < -0.39 is 5.41 Å². The summed E-state index contributed by atoms with van der Waals surface area (Å²) in [4.78, 5) is 23.5. The zero-order valence-corrected chi connectivity index (χ0v) is 8.14. The SMILES string of the molecule is CC1CCCCC12C(=O)CCC2=O. The summed E-state index contributed by atoms with van der Waals surface area (Å²) in [5, 5.41) is 0. The monoisotopic (exact) mass is 180 g/mol. The van der Waals surface area contributed by atoms with E-state index in [0.29, 0.717) is 18.8 Å². The number of carbonyl (C=O) groups is 2. The summed E-state index contributed by atoms with van der Waals surface area (Å²) < 4.78 is 0. The Morgan fingerprint density at radius 1 is 1.15 bits per heavy atom. The van der Waals surface area contributed by atoms with E-state index in [4.69, 9.17) is 0 Å². The Morgan fingerprint density at radius 3 is 2.31 bits per heavy atom. The number of hydrogen-bond donors (Lipinski definition) is 0. The van der Waals surface area contributed by atoms with Crippen LogP contribution in [0.4, 0.5) is 0 Å². The highest BCUT2D eigenvalue weighted by Crippen LogP contribution is 2.47. The number of carbonyl (C=O) groups excluding carboxylic acids is 2. The van der Waals surface area contributed by atoms with Crippen LogP contribution in [0.1, 0.15) is 45.4 Å². The predicted molar refractivity (Wildman–Crippen MR) is 49.3 cm³/mol. The molecule has 2 aliphatic carbocycles. The summed E-state index contributed by atoms with van der Waals surface area (Å²) in [7, 11) is 0. The number of ketones is 2. The van der Waals surface area contributed by atoms with Crippen LogP contribution in [0.2, 0.25) is 0 Å². The van der Waals surface area contributed by atoms with Gasteiger partial charge >= 0.3 is 0 Å². The molecule has 0 radical (unpaired) electrons. The van der Waals surface area contributed by atoms with Crippen molar-refractivity contribution in [1.29, 1.82) is 0 Å². The van der Waals surface area contributed by atoms with Gasteiger partial charge in [0.1, 0.15) is 11.6 Å². The molecule has 1 spiro atoms. The van der Waals surface area contributed by atoms with Crippen molar-refractivity contribution in [2.45, 2.75) is 45.4 Å². The first-order chi connectivity index (χ1) is 6.18. The first-order valence-corrected chi connectivity index (χ1v) is 5.24. The second-order valence-corrected chi connectivity index (χ2v) is 4.46. The highest BCUT2D eigenvalue weighted by Gasteiger charge is 2.53. The minimum Gasteiger partial charge on any atom is -0.299 e. The van der Waals surface area contributed by atoms with Gasteiger partial charge in [-0.15, -0.1) is 0 Å². The first-order valence-electron chi connectivity index (χ1n) is 5.24. The van der Waals surface area contributed by atoms with Gasteiger partial charge in [-0.2, -0.15) is 0 Å². The van der Waals surface area contributed by atoms with Gasteiger partial charge < -0.3 is 0 Å². The molecular weight excluding hydrogens is 164 g/mol. The fourth-order valence-electron chi connectivity index (χ4n) is 3.00. The van der Waals surface area contributed by atoms with Crippen molar-refractivity contribution in [2.75, 3.05) is 0 Å². The number of rotatable bonds is 0. The van der Waals surface area contributed by atoms with Gasteiger partial charge in [-0.1, -0.05) is 19.8 Å². The quantitative estimate of drug-likeness (QED) is 0.535. The molecule has 1 atom stereocenters. The van der Waals surface area contributed by atoms with E-state index in [1.165, 1.54) is 6.42 Å². The summed E-state index contributed by atoms with van der Waals surface area (Å²) in [6.07, 6.45) is 5.13. The average molecular weight is 180 g/mol. The number of Topliss-reactive ketones (excluding diaryl/α,β-unsaturated/α-hetero) is 2. The molecule has 0 heterocycles. The van der Waals surface area contributed by atoms with Crippen molar-refractivity contribution in [1.82, 2.24) is 0 Å². The second kappa shape index (κ2) is 2.93. The second-order valence-electron chi connectivity index (χ2n) is 4.46. The van der Waals surface area contributed by atoms with Crippen molar-refractivity contribution in [3.8, 4) is 0 Å². The normalized spacial score (nSPS) is 32.8. The maximum atomic E-state index is 11.8. The smallest absolute Gasteiger partial charge is 0.147 e. The van der Waals surface area contributed by atoms with Crippen LogP contribution in [0.25, 0.3) is 0 Å². The van der Waals surface area contributed by atoms with Crippen molar-refractivity contribution in [3.63, 3.8) is 0 Å². The third-order valence-corrected chi connectivity index (χ3v) is 3.87. The lowest BCUT2D eigenvalue weighted by molar-refractivity contribution is -0.140. The maximum Gasteiger partial charge on any atom is 0.147 e. The first kappa shape index (κ1) is 8.92. The van der Waals surface area contributed by atoms with Crippen molar-refractivity contribution >= 4 is 11.6 Å². The molecule has 0 bridgehead atoms. The molecule has 0 amide bonds. The van der Waals surface area contributed by atoms with Crippen LogP contribution in [0.5, 0.6) is 0 Å². The van der Waals surface area contributed by atoms with Crippen LogP contribution in [0.15, 0.2) is 0 Å². The van der Waals surface area contributed by atoms with E-state index in [-0.39, 0.29) is 11.6 Å². The average Bonchev–Trinajstić information content (AvgIpc) is 2.39. The fraction of sp³-hybridized carbons (Fsp3) is 0.818. The molecule has 1 unspecified atom stereocenters.